The van der Waals surface area contributed by atoms with Crippen molar-refractivity contribution in [1.29, 1.82) is 0 Å². The number of anilines is 2. The van der Waals surface area contributed by atoms with Crippen molar-refractivity contribution in [2.75, 3.05) is 10.6 Å². The molecule has 7 heteroatoms. The molecule has 1 aromatic rings. The average molecular weight is 328 g/mol. The number of nitrogens with zero attached hydrogens (tertiary/aromatic N) is 2. The van der Waals surface area contributed by atoms with E-state index in [0.29, 0.717) is 0 Å². The molecule has 1 saturated carbocycles. The minimum atomic E-state index is -2.90. The van der Waals surface area contributed by atoms with Crippen LogP contribution in [0, 0.1) is 5.92 Å². The molecule has 1 aliphatic carbocycles. The summed E-state index contributed by atoms with van der Waals surface area (Å²) in [5.41, 5.74) is 4.77. The van der Waals surface area contributed by atoms with Gasteiger partial charge in [-0.05, 0) is 45.9 Å². The van der Waals surface area contributed by atoms with Crippen LogP contribution in [0.25, 0.3) is 0 Å². The third-order valence-corrected chi connectivity index (χ3v) is 3.13. The van der Waals surface area contributed by atoms with Gasteiger partial charge in [0.15, 0.2) is 0 Å². The number of carbonyl (C=O) groups is 1. The molecule has 1 heterocycles. The number of carbonyl (C=O) groups excluding carboxylic acids is 1. The number of rotatable bonds is 4. The van der Waals surface area contributed by atoms with Crippen molar-refractivity contribution in [1.82, 2.24) is 9.97 Å². The molecule has 23 heavy (non-hydrogen) atoms. The Bertz CT molecular complexity index is 810. The number of nitrogens with two attached hydrogens (primary N) is 1. The summed E-state index contributed by atoms with van der Waals surface area (Å²) in [5.74, 6) is -2.83. The number of hydrogen-bond acceptors (Lipinski definition) is 6. The molecule has 0 aliphatic heterocycles. The summed E-state index contributed by atoms with van der Waals surface area (Å²) in [7, 11) is 0. The topological polar surface area (TPSA) is 113 Å². The van der Waals surface area contributed by atoms with E-state index in [1.54, 1.807) is 0 Å². The van der Waals surface area contributed by atoms with Crippen LogP contribution >= 0.6 is 0 Å². The molecule has 0 aromatic carbocycles. The van der Waals surface area contributed by atoms with Gasteiger partial charge in [-0.25, -0.2) is 4.98 Å². The van der Waals surface area contributed by atoms with E-state index in [9.17, 15) is 9.90 Å². The quantitative estimate of drug-likeness (QED) is 0.669. The van der Waals surface area contributed by atoms with Gasteiger partial charge >= 0.3 is 0 Å². The Labute approximate surface area is 146 Å². The molecular formula is C16H27N5O2. The lowest BCUT2D eigenvalue weighted by Gasteiger charge is -2.32. The number of amides is 1. The molecular weight excluding hydrogens is 294 g/mol. The SMILES string of the molecule is [2H]C([2H])([2H])C1C(O)CC(Nc2nc(NC(C)(C)C)ncc2C(N)=O)C([2H])([2H])C1([2H])[2H]. The van der Waals surface area contributed by atoms with Crippen molar-refractivity contribution in [2.24, 2.45) is 11.7 Å². The maximum absolute atomic E-state index is 11.8. The molecule has 3 unspecified atom stereocenters. The number of aliphatic hydroxyl groups excluding tert-OH is 1. The van der Waals surface area contributed by atoms with Crippen molar-refractivity contribution in [3.8, 4) is 0 Å². The zero-order valence-corrected chi connectivity index (χ0v) is 13.3. The first-order valence-electron chi connectivity index (χ1n) is 10.8. The van der Waals surface area contributed by atoms with Gasteiger partial charge in [-0.1, -0.05) is 6.85 Å². The van der Waals surface area contributed by atoms with Crippen LogP contribution in [0.3, 0.4) is 0 Å². The Kier molecular flexibility index (Phi) is 2.93. The van der Waals surface area contributed by atoms with E-state index in [1.165, 1.54) is 0 Å². The smallest absolute Gasteiger partial charge is 0.254 e. The molecule has 2 rings (SSSR count). The molecule has 128 valence electrons. The number of primary amides is 1. The minimum Gasteiger partial charge on any atom is -0.393 e. The predicted molar refractivity (Wildman–Crippen MR) is 90.4 cm³/mol. The normalized spacial score (nSPS) is 34.4. The molecule has 1 amide bonds. The lowest BCUT2D eigenvalue weighted by Crippen LogP contribution is -2.36. The number of aliphatic hydroxyl groups is 1. The summed E-state index contributed by atoms with van der Waals surface area (Å²) in [6.07, 6.45) is -6.54. The van der Waals surface area contributed by atoms with Crippen LogP contribution in [0.4, 0.5) is 11.8 Å². The molecule has 1 aromatic heterocycles. The van der Waals surface area contributed by atoms with Crippen molar-refractivity contribution >= 4 is 17.7 Å². The van der Waals surface area contributed by atoms with Gasteiger partial charge in [0.1, 0.15) is 5.82 Å². The summed E-state index contributed by atoms with van der Waals surface area (Å²) in [4.78, 5) is 20.0. The molecule has 3 atom stereocenters. The van der Waals surface area contributed by atoms with Crippen LogP contribution in [0.5, 0.6) is 0 Å². The zero-order valence-electron chi connectivity index (χ0n) is 20.3. The van der Waals surface area contributed by atoms with Gasteiger partial charge in [0, 0.05) is 27.4 Å². The summed E-state index contributed by atoms with van der Waals surface area (Å²) in [5, 5.41) is 16.0. The van der Waals surface area contributed by atoms with Crippen LogP contribution in [0.1, 0.15) is 66.7 Å². The largest absolute Gasteiger partial charge is 0.393 e. The van der Waals surface area contributed by atoms with Gasteiger partial charge in [0.25, 0.3) is 5.91 Å². The van der Waals surface area contributed by atoms with Crippen molar-refractivity contribution in [3.05, 3.63) is 11.8 Å². The van der Waals surface area contributed by atoms with E-state index in [4.69, 9.17) is 15.3 Å². The minimum absolute atomic E-state index is 0.121. The van der Waals surface area contributed by atoms with Crippen LogP contribution in [0.15, 0.2) is 6.20 Å². The number of nitrogens with one attached hydrogen (secondary N) is 2. The fourth-order valence-corrected chi connectivity index (χ4v) is 2.05. The summed E-state index contributed by atoms with van der Waals surface area (Å²) >= 11 is 0. The second-order valence-corrected chi connectivity index (χ2v) is 6.46. The van der Waals surface area contributed by atoms with E-state index in [2.05, 4.69) is 20.6 Å². The summed E-state index contributed by atoms with van der Waals surface area (Å²) in [6, 6.07) is -1.39. The molecule has 1 fully saturated rings. The predicted octanol–water partition coefficient (Wildman–Crippen LogP) is 1.75. The Hall–Kier alpha value is -1.89. The molecule has 7 nitrogen and oxygen atoms in total. The van der Waals surface area contributed by atoms with E-state index in [0.717, 1.165) is 6.20 Å². The van der Waals surface area contributed by atoms with E-state index < -0.39 is 55.5 Å². The molecule has 0 radical (unpaired) electrons. The van der Waals surface area contributed by atoms with Crippen molar-refractivity contribution < 1.29 is 19.5 Å². The first kappa shape index (κ1) is 10.1. The van der Waals surface area contributed by atoms with Crippen LogP contribution < -0.4 is 16.4 Å². The monoisotopic (exact) mass is 328 g/mol. The van der Waals surface area contributed by atoms with E-state index in [1.807, 2.05) is 20.8 Å². The second-order valence-electron chi connectivity index (χ2n) is 6.46. The first-order valence-corrected chi connectivity index (χ1v) is 7.27. The fourth-order valence-electron chi connectivity index (χ4n) is 2.05. The van der Waals surface area contributed by atoms with Gasteiger partial charge in [0.2, 0.25) is 5.95 Å². The van der Waals surface area contributed by atoms with E-state index in [-0.39, 0.29) is 17.3 Å². The lowest BCUT2D eigenvalue weighted by molar-refractivity contribution is 0.0739. The fraction of sp³-hybridized carbons (Fsp3) is 0.688. The van der Waals surface area contributed by atoms with Crippen LogP contribution in [-0.4, -0.2) is 38.7 Å². The zero-order chi connectivity index (χ0) is 23.3. The molecule has 0 spiro atoms. The highest BCUT2D eigenvalue weighted by Gasteiger charge is 2.27. The van der Waals surface area contributed by atoms with E-state index >= 15 is 0 Å². The highest BCUT2D eigenvalue weighted by atomic mass is 16.3. The van der Waals surface area contributed by atoms with Crippen LogP contribution in [-0.2, 0) is 0 Å². The second kappa shape index (κ2) is 6.70. The number of hydrogen-bond donors (Lipinski definition) is 4. The Balaban J connectivity index is 2.46. The molecule has 0 bridgehead atoms. The molecule has 1 aliphatic rings. The third kappa shape index (κ3) is 4.79. The van der Waals surface area contributed by atoms with Gasteiger partial charge in [0.05, 0.1) is 11.7 Å². The highest BCUT2D eigenvalue weighted by Crippen LogP contribution is 2.27. The Morgan fingerprint density at radius 2 is 2.26 bits per heavy atom. The van der Waals surface area contributed by atoms with Gasteiger partial charge in [-0.3, -0.25) is 4.79 Å². The Morgan fingerprint density at radius 3 is 2.87 bits per heavy atom. The third-order valence-electron chi connectivity index (χ3n) is 3.13. The van der Waals surface area contributed by atoms with Gasteiger partial charge in [-0.2, -0.15) is 4.98 Å². The Morgan fingerprint density at radius 1 is 1.52 bits per heavy atom. The van der Waals surface area contributed by atoms with Gasteiger partial charge in [-0.15, -0.1) is 0 Å². The molecule has 0 saturated heterocycles. The molecule has 5 N–H and O–H groups in total. The summed E-state index contributed by atoms with van der Waals surface area (Å²) < 4.78 is 55.5. The number of aromatic nitrogens is 2. The van der Waals surface area contributed by atoms with Crippen LogP contribution in [0.2, 0.25) is 0 Å². The first-order chi connectivity index (χ1) is 13.4. The van der Waals surface area contributed by atoms with Crippen molar-refractivity contribution in [3.63, 3.8) is 0 Å². The van der Waals surface area contributed by atoms with Gasteiger partial charge < -0.3 is 21.5 Å². The highest BCUT2D eigenvalue weighted by molar-refractivity contribution is 5.97. The van der Waals surface area contributed by atoms with Crippen molar-refractivity contribution in [2.45, 2.75) is 64.5 Å². The maximum atomic E-state index is 11.8. The standard InChI is InChI=1S/C16H27N5O2/c1-9-5-6-10(7-12(9)22)19-14-11(13(17)23)8-18-15(20-14)21-16(2,3)4/h8-10,12,22H,5-7H2,1-4H3,(H2,17,23)(H2,18,19,20,21)/i1D3,5D2,6D2. The average Bonchev–Trinajstić information content (AvgIpc) is 2.49. The summed E-state index contributed by atoms with van der Waals surface area (Å²) in [6.45, 7) is 2.65. The maximum Gasteiger partial charge on any atom is 0.254 e. The lowest BCUT2D eigenvalue weighted by atomic mass is 9.85.